The molecule has 7 heteroatoms. The van der Waals surface area contributed by atoms with Gasteiger partial charge in [-0.3, -0.25) is 9.59 Å². The van der Waals surface area contributed by atoms with E-state index in [2.05, 4.69) is 12.2 Å². The van der Waals surface area contributed by atoms with Crippen molar-refractivity contribution in [1.29, 1.82) is 0 Å². The van der Waals surface area contributed by atoms with Crippen molar-refractivity contribution in [3.05, 3.63) is 29.8 Å². The van der Waals surface area contributed by atoms with Crippen molar-refractivity contribution >= 4 is 17.8 Å². The molecule has 4 N–H and O–H groups in total. The standard InChI is InChI=1S/C10H19NO3.C7H6O3/c1-2-3-4-5-6-7-9(12)11-8-10(13)14;8-6-4-2-1-3-5(6)7(9)10/h2-8H2,1H3,(H,11,12)(H,13,14);1-4,8H,(H,9,10). The maximum absolute atomic E-state index is 11.0. The summed E-state index contributed by atoms with van der Waals surface area (Å²) < 4.78 is 0. The van der Waals surface area contributed by atoms with Gasteiger partial charge >= 0.3 is 11.9 Å². The average molecular weight is 339 g/mol. The number of para-hydroxylation sites is 1. The number of nitrogens with one attached hydrogen (secondary N) is 1. The van der Waals surface area contributed by atoms with Crippen LogP contribution in [0.1, 0.15) is 55.8 Å². The fourth-order valence-electron chi connectivity index (χ4n) is 1.81. The Morgan fingerprint density at radius 3 is 2.12 bits per heavy atom. The topological polar surface area (TPSA) is 124 Å². The van der Waals surface area contributed by atoms with E-state index in [9.17, 15) is 14.4 Å². The van der Waals surface area contributed by atoms with Crippen molar-refractivity contribution in [1.82, 2.24) is 5.32 Å². The number of carboxylic acids is 2. The molecule has 0 saturated heterocycles. The Kier molecular flexibility index (Phi) is 11.5. The predicted molar refractivity (Wildman–Crippen MR) is 89.1 cm³/mol. The number of hydrogen-bond donors (Lipinski definition) is 4. The number of unbranched alkanes of at least 4 members (excludes halogenated alkanes) is 4. The molecule has 0 aromatic heterocycles. The van der Waals surface area contributed by atoms with Crippen LogP contribution in [0.25, 0.3) is 0 Å². The lowest BCUT2D eigenvalue weighted by Gasteiger charge is -2.01. The zero-order valence-corrected chi connectivity index (χ0v) is 13.8. The maximum Gasteiger partial charge on any atom is 0.339 e. The monoisotopic (exact) mass is 339 g/mol. The van der Waals surface area contributed by atoms with E-state index < -0.39 is 11.9 Å². The van der Waals surface area contributed by atoms with E-state index in [4.69, 9.17) is 15.3 Å². The number of aromatic hydroxyl groups is 1. The summed E-state index contributed by atoms with van der Waals surface area (Å²) in [5.41, 5.74) is -0.0671. The summed E-state index contributed by atoms with van der Waals surface area (Å²) in [6.07, 6.45) is 5.89. The van der Waals surface area contributed by atoms with Gasteiger partial charge in [0.2, 0.25) is 5.91 Å². The van der Waals surface area contributed by atoms with Crippen LogP contribution in [0.5, 0.6) is 5.75 Å². The molecule has 134 valence electrons. The van der Waals surface area contributed by atoms with Gasteiger partial charge in [0.1, 0.15) is 17.9 Å². The number of carboxylic acid groups (broad SMARTS) is 2. The van der Waals surface area contributed by atoms with Gasteiger partial charge in [-0.1, -0.05) is 44.7 Å². The van der Waals surface area contributed by atoms with Crippen LogP contribution in [-0.2, 0) is 9.59 Å². The van der Waals surface area contributed by atoms with E-state index in [1.165, 1.54) is 25.0 Å². The number of carbonyl (C=O) groups excluding carboxylic acids is 1. The lowest BCUT2D eigenvalue weighted by Crippen LogP contribution is -2.28. The molecule has 0 aliphatic heterocycles. The molecule has 0 aliphatic carbocycles. The zero-order chi connectivity index (χ0) is 18.4. The van der Waals surface area contributed by atoms with Gasteiger partial charge in [0.25, 0.3) is 0 Å². The molecule has 0 fully saturated rings. The third-order valence-electron chi connectivity index (χ3n) is 3.08. The van der Waals surface area contributed by atoms with E-state index >= 15 is 0 Å². The summed E-state index contributed by atoms with van der Waals surface area (Å²) in [6, 6.07) is 5.81. The molecular formula is C17H25NO6. The molecule has 1 rings (SSSR count). The van der Waals surface area contributed by atoms with Crippen molar-refractivity contribution in [3.8, 4) is 5.75 Å². The SMILES string of the molecule is CCCCCCCC(=O)NCC(=O)O.O=C(O)c1ccccc1O. The smallest absolute Gasteiger partial charge is 0.339 e. The molecular weight excluding hydrogens is 314 g/mol. The third kappa shape index (κ3) is 11.1. The second-order valence-corrected chi connectivity index (χ2v) is 5.16. The van der Waals surface area contributed by atoms with Crippen LogP contribution in [0.4, 0.5) is 0 Å². The summed E-state index contributed by atoms with van der Waals surface area (Å²) in [4.78, 5) is 31.4. The molecule has 1 amide bonds. The van der Waals surface area contributed by atoms with Crippen LogP contribution in [-0.4, -0.2) is 39.7 Å². The number of benzene rings is 1. The highest BCUT2D eigenvalue weighted by Crippen LogP contribution is 2.14. The Morgan fingerprint density at radius 2 is 1.62 bits per heavy atom. The molecule has 1 aromatic rings. The lowest BCUT2D eigenvalue weighted by molar-refractivity contribution is -0.137. The number of hydrogen-bond acceptors (Lipinski definition) is 4. The fourth-order valence-corrected chi connectivity index (χ4v) is 1.81. The average Bonchev–Trinajstić information content (AvgIpc) is 2.53. The highest BCUT2D eigenvalue weighted by molar-refractivity contribution is 5.90. The van der Waals surface area contributed by atoms with Gasteiger partial charge in [-0.25, -0.2) is 4.79 Å². The lowest BCUT2D eigenvalue weighted by atomic mass is 10.1. The largest absolute Gasteiger partial charge is 0.507 e. The highest BCUT2D eigenvalue weighted by atomic mass is 16.4. The zero-order valence-electron chi connectivity index (χ0n) is 13.8. The number of rotatable bonds is 9. The molecule has 1 aromatic carbocycles. The first-order chi connectivity index (χ1) is 11.4. The number of aliphatic carboxylic acids is 1. The minimum atomic E-state index is -1.11. The Balaban J connectivity index is 0.000000463. The van der Waals surface area contributed by atoms with Crippen LogP contribution in [0, 0.1) is 0 Å². The number of carbonyl (C=O) groups is 3. The van der Waals surface area contributed by atoms with Gasteiger partial charge in [-0.15, -0.1) is 0 Å². The van der Waals surface area contributed by atoms with Gasteiger partial charge in [0.05, 0.1) is 0 Å². The summed E-state index contributed by atoms with van der Waals surface area (Å²) in [7, 11) is 0. The van der Waals surface area contributed by atoms with Crippen molar-refractivity contribution in [3.63, 3.8) is 0 Å². The molecule has 0 bridgehead atoms. The summed E-state index contributed by atoms with van der Waals surface area (Å²) in [5.74, 6) is -2.47. The first-order valence-corrected chi connectivity index (χ1v) is 7.88. The van der Waals surface area contributed by atoms with Crippen LogP contribution in [0.2, 0.25) is 0 Å². The van der Waals surface area contributed by atoms with Crippen molar-refractivity contribution in [2.75, 3.05) is 6.54 Å². The second kappa shape index (κ2) is 12.9. The molecule has 24 heavy (non-hydrogen) atoms. The minimum Gasteiger partial charge on any atom is -0.507 e. The maximum atomic E-state index is 11.0. The fraction of sp³-hybridized carbons (Fsp3) is 0.471. The van der Waals surface area contributed by atoms with Crippen molar-refractivity contribution in [2.45, 2.75) is 45.4 Å². The molecule has 7 nitrogen and oxygen atoms in total. The van der Waals surface area contributed by atoms with Crippen molar-refractivity contribution in [2.24, 2.45) is 0 Å². The first kappa shape index (κ1) is 21.4. The van der Waals surface area contributed by atoms with Gasteiger partial charge in [-0.05, 0) is 18.6 Å². The Labute approximate surface area is 141 Å². The van der Waals surface area contributed by atoms with Crippen LogP contribution >= 0.6 is 0 Å². The minimum absolute atomic E-state index is 0.0671. The Bertz CT molecular complexity index is 530. The molecule has 0 heterocycles. The molecule has 0 saturated carbocycles. The van der Waals surface area contributed by atoms with Gasteiger partial charge < -0.3 is 20.6 Å². The highest BCUT2D eigenvalue weighted by Gasteiger charge is 2.05. The predicted octanol–water partition coefficient (Wildman–Crippen LogP) is 2.64. The summed E-state index contributed by atoms with van der Waals surface area (Å²) in [5, 5.41) is 27.9. The van der Waals surface area contributed by atoms with E-state index in [0.717, 1.165) is 19.3 Å². The van der Waals surface area contributed by atoms with Crippen LogP contribution < -0.4 is 5.32 Å². The Hall–Kier alpha value is -2.57. The molecule has 0 unspecified atom stereocenters. The summed E-state index contributed by atoms with van der Waals surface area (Å²) in [6.45, 7) is 1.87. The first-order valence-electron chi connectivity index (χ1n) is 7.88. The van der Waals surface area contributed by atoms with E-state index in [-0.39, 0.29) is 23.8 Å². The number of aromatic carboxylic acids is 1. The number of phenols is 1. The van der Waals surface area contributed by atoms with Crippen LogP contribution in [0.15, 0.2) is 24.3 Å². The second-order valence-electron chi connectivity index (χ2n) is 5.16. The molecule has 0 spiro atoms. The van der Waals surface area contributed by atoms with Gasteiger partial charge in [0, 0.05) is 6.42 Å². The van der Waals surface area contributed by atoms with E-state index in [0.29, 0.717) is 6.42 Å². The Morgan fingerprint density at radius 1 is 1.00 bits per heavy atom. The quantitative estimate of drug-likeness (QED) is 0.513. The molecule has 0 radical (unpaired) electrons. The van der Waals surface area contributed by atoms with Crippen LogP contribution in [0.3, 0.4) is 0 Å². The molecule has 0 aliphatic rings. The van der Waals surface area contributed by atoms with E-state index in [1.54, 1.807) is 12.1 Å². The van der Waals surface area contributed by atoms with Gasteiger partial charge in [-0.2, -0.15) is 0 Å². The third-order valence-corrected chi connectivity index (χ3v) is 3.08. The van der Waals surface area contributed by atoms with Gasteiger partial charge in [0.15, 0.2) is 0 Å². The normalized spacial score (nSPS) is 9.54. The molecule has 0 atom stereocenters. The van der Waals surface area contributed by atoms with Crippen molar-refractivity contribution < 1.29 is 29.7 Å². The number of amides is 1. The van der Waals surface area contributed by atoms with E-state index in [1.807, 2.05) is 0 Å². The summed E-state index contributed by atoms with van der Waals surface area (Å²) >= 11 is 0.